The first kappa shape index (κ1) is 21.2. The lowest BCUT2D eigenvalue weighted by Crippen LogP contribution is -2.46. The minimum absolute atomic E-state index is 0.00572. The van der Waals surface area contributed by atoms with Gasteiger partial charge in [-0.15, -0.1) is 0 Å². The number of hydrogen-bond donors (Lipinski definition) is 0. The fourth-order valence-corrected chi connectivity index (χ4v) is 4.06. The Labute approximate surface area is 182 Å². The van der Waals surface area contributed by atoms with Crippen LogP contribution in [0.5, 0.6) is 11.5 Å². The molecule has 31 heavy (non-hydrogen) atoms. The molecule has 0 radical (unpaired) electrons. The van der Waals surface area contributed by atoms with E-state index < -0.39 is 0 Å². The van der Waals surface area contributed by atoms with E-state index in [-0.39, 0.29) is 5.43 Å². The van der Waals surface area contributed by atoms with Gasteiger partial charge in [-0.25, -0.2) is 4.98 Å². The van der Waals surface area contributed by atoms with E-state index in [1.807, 2.05) is 18.3 Å². The fourth-order valence-electron chi connectivity index (χ4n) is 4.06. The van der Waals surface area contributed by atoms with Crippen molar-refractivity contribution in [2.45, 2.75) is 19.3 Å². The molecule has 1 aliphatic heterocycles. The van der Waals surface area contributed by atoms with Crippen LogP contribution in [0.2, 0.25) is 0 Å². The van der Waals surface area contributed by atoms with Gasteiger partial charge in [0.15, 0.2) is 16.9 Å². The van der Waals surface area contributed by atoms with Crippen molar-refractivity contribution in [3.05, 3.63) is 58.6 Å². The van der Waals surface area contributed by atoms with Crippen LogP contribution in [0.15, 0.2) is 52.0 Å². The zero-order valence-electron chi connectivity index (χ0n) is 18.2. The maximum Gasteiger partial charge on any atom is 0.195 e. The molecule has 0 bridgehead atoms. The van der Waals surface area contributed by atoms with Gasteiger partial charge in [-0.1, -0.05) is 6.07 Å². The monoisotopic (exact) mass is 423 g/mol. The van der Waals surface area contributed by atoms with Gasteiger partial charge in [-0.2, -0.15) is 0 Å². The molecule has 7 heteroatoms. The van der Waals surface area contributed by atoms with Gasteiger partial charge in [0.2, 0.25) is 0 Å². The molecule has 164 valence electrons. The molecule has 0 atom stereocenters. The summed E-state index contributed by atoms with van der Waals surface area (Å²) in [5.74, 6) is 2.14. The van der Waals surface area contributed by atoms with Crippen LogP contribution < -0.4 is 19.8 Å². The summed E-state index contributed by atoms with van der Waals surface area (Å²) in [6.45, 7) is 5.11. The summed E-state index contributed by atoms with van der Waals surface area (Å²) in [5.41, 5.74) is 1.23. The zero-order chi connectivity index (χ0) is 21.6. The van der Waals surface area contributed by atoms with Crippen LogP contribution in [-0.2, 0) is 6.42 Å². The molecule has 1 saturated heterocycles. The van der Waals surface area contributed by atoms with E-state index in [1.54, 1.807) is 32.6 Å². The van der Waals surface area contributed by atoms with Crippen LogP contribution in [0.25, 0.3) is 11.0 Å². The SMILES string of the molecule is COc1cc2occ(CCCCN3CCN(c4ccccn4)CC3)c(=O)c2cc1OC. The Morgan fingerprint density at radius 3 is 2.52 bits per heavy atom. The van der Waals surface area contributed by atoms with E-state index in [0.717, 1.165) is 51.4 Å². The molecule has 0 N–H and O–H groups in total. The van der Waals surface area contributed by atoms with Crippen LogP contribution in [0, 0.1) is 0 Å². The summed E-state index contributed by atoms with van der Waals surface area (Å²) >= 11 is 0. The van der Waals surface area contributed by atoms with E-state index in [0.29, 0.717) is 34.5 Å². The number of rotatable bonds is 8. The van der Waals surface area contributed by atoms with Crippen LogP contribution in [0.4, 0.5) is 5.82 Å². The zero-order valence-corrected chi connectivity index (χ0v) is 18.2. The van der Waals surface area contributed by atoms with Gasteiger partial charge in [0.1, 0.15) is 11.4 Å². The summed E-state index contributed by atoms with van der Waals surface area (Å²) in [4.78, 5) is 22.1. The molecule has 1 aromatic carbocycles. The molecule has 1 fully saturated rings. The van der Waals surface area contributed by atoms with Gasteiger partial charge in [0, 0.05) is 44.0 Å². The predicted octanol–water partition coefficient (Wildman–Crippen LogP) is 3.35. The Morgan fingerprint density at radius 1 is 1.03 bits per heavy atom. The van der Waals surface area contributed by atoms with Crippen LogP contribution >= 0.6 is 0 Å². The van der Waals surface area contributed by atoms with E-state index in [2.05, 4.69) is 20.9 Å². The molecule has 3 aromatic rings. The molecule has 0 spiro atoms. The third-order valence-electron chi connectivity index (χ3n) is 5.87. The highest BCUT2D eigenvalue weighted by Gasteiger charge is 2.17. The third kappa shape index (κ3) is 4.82. The number of piperazine rings is 1. The second kappa shape index (κ2) is 9.83. The van der Waals surface area contributed by atoms with E-state index in [1.165, 1.54) is 0 Å². The Bertz CT molecular complexity index is 1060. The molecular weight excluding hydrogens is 394 g/mol. The van der Waals surface area contributed by atoms with E-state index >= 15 is 0 Å². The molecule has 0 amide bonds. The molecule has 0 saturated carbocycles. The van der Waals surface area contributed by atoms with Gasteiger partial charge in [0.05, 0.1) is 25.9 Å². The molecule has 1 aliphatic rings. The van der Waals surface area contributed by atoms with Crippen LogP contribution in [-0.4, -0.2) is 56.8 Å². The lowest BCUT2D eigenvalue weighted by Gasteiger charge is -2.35. The van der Waals surface area contributed by atoms with Crippen molar-refractivity contribution in [2.75, 3.05) is 51.8 Å². The molecule has 0 aliphatic carbocycles. The lowest BCUT2D eigenvalue weighted by molar-refractivity contribution is 0.252. The smallest absolute Gasteiger partial charge is 0.195 e. The van der Waals surface area contributed by atoms with Gasteiger partial charge in [-0.05, 0) is 44.0 Å². The number of hydrogen-bond acceptors (Lipinski definition) is 7. The fraction of sp³-hybridized carbons (Fsp3) is 0.417. The minimum Gasteiger partial charge on any atom is -0.493 e. The van der Waals surface area contributed by atoms with Gasteiger partial charge >= 0.3 is 0 Å². The first-order valence-electron chi connectivity index (χ1n) is 10.7. The number of benzene rings is 1. The molecule has 2 aromatic heterocycles. The topological polar surface area (TPSA) is 68.0 Å². The average Bonchev–Trinajstić information content (AvgIpc) is 2.83. The van der Waals surface area contributed by atoms with Gasteiger partial charge < -0.3 is 18.8 Å². The Kier molecular flexibility index (Phi) is 6.72. The number of pyridine rings is 1. The number of methoxy groups -OCH3 is 2. The maximum atomic E-state index is 12.9. The molecule has 0 unspecified atom stereocenters. The summed E-state index contributed by atoms with van der Waals surface area (Å²) in [6, 6.07) is 9.44. The minimum atomic E-state index is 0.00572. The Morgan fingerprint density at radius 2 is 1.81 bits per heavy atom. The summed E-state index contributed by atoms with van der Waals surface area (Å²) in [7, 11) is 3.12. The van der Waals surface area contributed by atoms with Crippen molar-refractivity contribution in [3.8, 4) is 11.5 Å². The second-order valence-electron chi connectivity index (χ2n) is 7.77. The molecule has 3 heterocycles. The number of unbranched alkanes of at least 4 members (excludes halogenated alkanes) is 1. The van der Waals surface area contributed by atoms with Crippen molar-refractivity contribution in [1.29, 1.82) is 0 Å². The number of ether oxygens (including phenoxy) is 2. The molecule has 4 rings (SSSR count). The number of nitrogens with zero attached hydrogens (tertiary/aromatic N) is 3. The van der Waals surface area contributed by atoms with E-state index in [4.69, 9.17) is 13.9 Å². The van der Waals surface area contributed by atoms with Crippen molar-refractivity contribution in [1.82, 2.24) is 9.88 Å². The summed E-state index contributed by atoms with van der Waals surface area (Å²) in [5, 5.41) is 0.529. The maximum absolute atomic E-state index is 12.9. The highest BCUT2D eigenvalue weighted by atomic mass is 16.5. The van der Waals surface area contributed by atoms with Crippen molar-refractivity contribution < 1.29 is 13.9 Å². The van der Waals surface area contributed by atoms with Crippen LogP contribution in [0.1, 0.15) is 18.4 Å². The Balaban J connectivity index is 1.29. The van der Waals surface area contributed by atoms with Gasteiger partial charge in [-0.3, -0.25) is 9.69 Å². The Hall–Kier alpha value is -3.06. The third-order valence-corrected chi connectivity index (χ3v) is 5.87. The highest BCUT2D eigenvalue weighted by molar-refractivity contribution is 5.81. The van der Waals surface area contributed by atoms with E-state index in [9.17, 15) is 4.79 Å². The lowest BCUT2D eigenvalue weighted by atomic mass is 10.1. The number of aromatic nitrogens is 1. The first-order chi connectivity index (χ1) is 15.2. The number of fused-ring (bicyclic) bond motifs is 1. The second-order valence-corrected chi connectivity index (χ2v) is 7.77. The highest BCUT2D eigenvalue weighted by Crippen LogP contribution is 2.31. The quantitative estimate of drug-likeness (QED) is 0.515. The predicted molar refractivity (Wildman–Crippen MR) is 121 cm³/mol. The standard InChI is InChI=1S/C24H29N3O4/c1-29-21-15-19-20(16-22(21)30-2)31-17-18(24(19)28)7-4-6-10-26-11-13-27(14-12-26)23-8-3-5-9-25-23/h3,5,8-9,15-17H,4,6-7,10-14H2,1-2H3. The summed E-state index contributed by atoms with van der Waals surface area (Å²) in [6.07, 6.45) is 6.14. The van der Waals surface area contributed by atoms with Crippen LogP contribution in [0.3, 0.4) is 0 Å². The van der Waals surface area contributed by atoms with Crippen molar-refractivity contribution in [3.63, 3.8) is 0 Å². The summed E-state index contributed by atoms with van der Waals surface area (Å²) < 4.78 is 16.3. The number of aryl methyl sites for hydroxylation is 1. The first-order valence-corrected chi connectivity index (χ1v) is 10.7. The number of anilines is 1. The largest absolute Gasteiger partial charge is 0.493 e. The van der Waals surface area contributed by atoms with Gasteiger partial charge in [0.25, 0.3) is 0 Å². The molecule has 7 nitrogen and oxygen atoms in total. The van der Waals surface area contributed by atoms with Crippen molar-refractivity contribution in [2.24, 2.45) is 0 Å². The average molecular weight is 424 g/mol. The van der Waals surface area contributed by atoms with Crippen molar-refractivity contribution >= 4 is 16.8 Å². The normalized spacial score (nSPS) is 14.7. The molecular formula is C24H29N3O4.